The molecule has 0 amide bonds. The van der Waals surface area contributed by atoms with Gasteiger partial charge in [0.1, 0.15) is 0 Å². The highest BCUT2D eigenvalue weighted by atomic mass is 79.9. The number of carbonyl (C=O) groups is 1. The van der Waals surface area contributed by atoms with Crippen molar-refractivity contribution < 1.29 is 20.5 Å². The van der Waals surface area contributed by atoms with Gasteiger partial charge in [-0.3, -0.25) is 4.79 Å². The molecule has 0 radical (unpaired) electrons. The molecule has 0 spiro atoms. The Morgan fingerprint density at radius 3 is 2.89 bits per heavy atom. The highest BCUT2D eigenvalue weighted by Gasteiger charge is 1.96. The lowest BCUT2D eigenvalue weighted by atomic mass is 10.3. The topological polar surface area (TPSA) is 26.3 Å². The number of halogens is 1. The van der Waals surface area contributed by atoms with E-state index in [2.05, 4.69) is 20.7 Å². The second kappa shape index (κ2) is 6.08. The Hall–Kier alpha value is -0.0500. The van der Waals surface area contributed by atoms with Gasteiger partial charge < -0.3 is 4.74 Å². The van der Waals surface area contributed by atoms with Crippen LogP contribution >= 0.6 is 15.9 Å². The van der Waals surface area contributed by atoms with Crippen LogP contribution in [0.25, 0.3) is 0 Å². The average Bonchev–Trinajstić information content (AvgIpc) is 2.13. The predicted octanol–water partition coefficient (Wildman–Crippen LogP) is 1.72. The number of esters is 1. The lowest BCUT2D eigenvalue weighted by molar-refractivity contribution is -0.140. The highest BCUT2D eigenvalue weighted by Crippen LogP contribution is 1.98. The maximum Gasteiger partial charge on any atom is 0.305 e. The van der Waals surface area contributed by atoms with Gasteiger partial charge >= 0.3 is 5.97 Å². The molecule has 0 bridgehead atoms. The normalized spacial score (nSPS) is 28.7. The first-order chi connectivity index (χ1) is 7.23. The Morgan fingerprint density at radius 2 is 2.44 bits per heavy atom. The smallest absolute Gasteiger partial charge is 0.305 e. The molecule has 0 fully saturated rings. The summed E-state index contributed by atoms with van der Waals surface area (Å²) in [6.45, 7) is 0. The van der Waals surface area contributed by atoms with Crippen LogP contribution < -0.4 is 0 Å². The van der Waals surface area contributed by atoms with Gasteiger partial charge in [0.25, 0.3) is 0 Å². The average molecular weight is 203 g/mol. The molecule has 54 valence electrons. The lowest BCUT2D eigenvalue weighted by Gasteiger charge is -1.95. The fourth-order valence-electron chi connectivity index (χ4n) is 0.157. The third-order valence-electron chi connectivity index (χ3n) is 0.460. The minimum atomic E-state index is -3.43. The number of hydrogen-bond acceptors (Lipinski definition) is 2. The van der Waals surface area contributed by atoms with Gasteiger partial charge in [-0.15, -0.1) is 0 Å². The van der Waals surface area contributed by atoms with E-state index in [0.717, 1.165) is 7.11 Å². The van der Waals surface area contributed by atoms with Crippen LogP contribution in [0.4, 0.5) is 0 Å². The number of rotatable bonds is 4. The number of methoxy groups -OCH3 is 1. The van der Waals surface area contributed by atoms with E-state index in [9.17, 15) is 4.79 Å². The van der Waals surface area contributed by atoms with Crippen LogP contribution in [-0.2, 0) is 9.53 Å². The largest absolute Gasteiger partial charge is 0.469 e. The van der Waals surface area contributed by atoms with Gasteiger partial charge in [0.15, 0.2) is 0 Å². The zero-order valence-corrected chi connectivity index (χ0v) is 6.28. The monoisotopic (exact) mass is 202 g/mol. The zero-order chi connectivity index (χ0) is 14.3. The maximum absolute atomic E-state index is 11.1. The van der Waals surface area contributed by atoms with Gasteiger partial charge in [-0.25, -0.2) is 0 Å². The van der Waals surface area contributed by atoms with Gasteiger partial charge in [-0.1, -0.05) is 15.9 Å². The Kier molecular flexibility index (Phi) is 1.50. The molecule has 0 aliphatic carbocycles. The van der Waals surface area contributed by atoms with Crippen LogP contribution in [0.2, 0.25) is 0 Å². The molecule has 0 unspecified atom stereocenters. The minimum Gasteiger partial charge on any atom is -0.469 e. The van der Waals surface area contributed by atoms with Gasteiger partial charge in [-0.2, -0.15) is 0 Å². The van der Waals surface area contributed by atoms with Crippen LogP contribution in [0.3, 0.4) is 0 Å². The highest BCUT2D eigenvalue weighted by molar-refractivity contribution is 9.09. The molecular weight excluding hydrogens is 184 g/mol. The first-order valence-corrected chi connectivity index (χ1v) is 2.80. The van der Waals surface area contributed by atoms with Crippen molar-refractivity contribution in [2.75, 3.05) is 12.4 Å². The molecule has 2 nitrogen and oxygen atoms in total. The van der Waals surface area contributed by atoms with E-state index in [1.165, 1.54) is 0 Å². The molecule has 0 aromatic rings. The SMILES string of the molecule is [2H]C([2H])(Br)C([2H])([2H])C([2H])([2H])C([2H])([2H])C(=O)OC. The maximum atomic E-state index is 11.1. The standard InChI is InChI=1S/C6H11BrO2/c1-9-6(8)4-2-3-5-7/h2-5H2,1H3/i2D2,3D2,4D2,5D2. The van der Waals surface area contributed by atoms with E-state index >= 15 is 0 Å². The van der Waals surface area contributed by atoms with E-state index in [4.69, 9.17) is 11.0 Å². The van der Waals surface area contributed by atoms with Crippen molar-refractivity contribution in [2.24, 2.45) is 0 Å². The van der Waals surface area contributed by atoms with Gasteiger partial charge in [0, 0.05) is 22.6 Å². The van der Waals surface area contributed by atoms with Crippen LogP contribution in [0, 0.1) is 0 Å². The number of ether oxygens (including phenoxy) is 1. The molecule has 0 aromatic carbocycles. The lowest BCUT2D eigenvalue weighted by Crippen LogP contribution is -1.99. The summed E-state index contributed by atoms with van der Waals surface area (Å²) in [5, 5.41) is -2.86. The summed E-state index contributed by atoms with van der Waals surface area (Å²) in [4.78, 5) is 11.1. The van der Waals surface area contributed by atoms with Gasteiger partial charge in [-0.05, 0) is 12.7 Å². The zero-order valence-electron chi connectivity index (χ0n) is 12.7. The predicted molar refractivity (Wildman–Crippen MR) is 39.7 cm³/mol. The van der Waals surface area contributed by atoms with Crippen molar-refractivity contribution in [3.8, 4) is 0 Å². The summed E-state index contributed by atoms with van der Waals surface area (Å²) in [7, 11) is 0.828. The second-order valence-electron chi connectivity index (χ2n) is 0.961. The minimum absolute atomic E-state index is 0.828. The Bertz CT molecular complexity index is 310. The molecule has 0 aliphatic rings. The van der Waals surface area contributed by atoms with Gasteiger partial charge in [0.05, 0.1) is 7.11 Å². The van der Waals surface area contributed by atoms with Crippen LogP contribution in [0.1, 0.15) is 30.1 Å². The Morgan fingerprint density at radius 1 is 1.78 bits per heavy atom. The summed E-state index contributed by atoms with van der Waals surface area (Å²) < 4.78 is 62.2. The molecule has 0 saturated heterocycles. The summed E-state index contributed by atoms with van der Waals surface area (Å²) in [5.74, 6) is -1.61. The molecule has 0 rings (SSSR count). The van der Waals surface area contributed by atoms with E-state index in [0.29, 0.717) is 0 Å². The molecule has 0 saturated carbocycles. The molecule has 3 heteroatoms. The molecule has 0 N–H and O–H groups in total. The quantitative estimate of drug-likeness (QED) is 0.513. The first-order valence-electron chi connectivity index (χ1n) is 6.01. The summed E-state index contributed by atoms with van der Waals surface area (Å²) in [5.41, 5.74) is 0. The molecular formula is C6H11BrO2. The third kappa shape index (κ3) is 5.83. The molecule has 0 aliphatic heterocycles. The number of carbonyl (C=O) groups excluding carboxylic acids is 1. The summed E-state index contributed by atoms with van der Waals surface area (Å²) in [6.07, 6.45) is -10.1. The van der Waals surface area contributed by atoms with Crippen molar-refractivity contribution in [1.29, 1.82) is 0 Å². The van der Waals surface area contributed by atoms with E-state index < -0.39 is 30.4 Å². The van der Waals surface area contributed by atoms with Gasteiger partial charge in [0.2, 0.25) is 0 Å². The van der Waals surface area contributed by atoms with Crippen molar-refractivity contribution >= 4 is 21.9 Å². The second-order valence-corrected chi connectivity index (χ2v) is 1.36. The van der Waals surface area contributed by atoms with E-state index in [1.807, 2.05) is 0 Å². The van der Waals surface area contributed by atoms with Crippen molar-refractivity contribution in [3.63, 3.8) is 0 Å². The summed E-state index contributed by atoms with van der Waals surface area (Å²) in [6, 6.07) is 0. The third-order valence-corrected chi connectivity index (χ3v) is 0.658. The van der Waals surface area contributed by atoms with Crippen LogP contribution in [0.15, 0.2) is 0 Å². The van der Waals surface area contributed by atoms with Crippen molar-refractivity contribution in [3.05, 3.63) is 0 Å². The molecule has 0 heterocycles. The van der Waals surface area contributed by atoms with Crippen LogP contribution in [0.5, 0.6) is 0 Å². The first kappa shape index (κ1) is 2.22. The van der Waals surface area contributed by atoms with Crippen molar-refractivity contribution in [2.45, 2.75) is 19.1 Å². The molecule has 0 atom stereocenters. The summed E-state index contributed by atoms with van der Waals surface area (Å²) >= 11 is 2.30. The van der Waals surface area contributed by atoms with E-state index in [1.54, 1.807) is 0 Å². The molecule has 0 aromatic heterocycles. The Labute approximate surface area is 74.9 Å². The number of hydrogen-bond donors (Lipinski definition) is 0. The fourth-order valence-corrected chi connectivity index (χ4v) is 0.256. The molecule has 9 heavy (non-hydrogen) atoms. The Balaban J connectivity index is 5.63. The van der Waals surface area contributed by atoms with E-state index in [-0.39, 0.29) is 0 Å². The fraction of sp³-hybridized carbons (Fsp3) is 0.833. The van der Waals surface area contributed by atoms with Crippen LogP contribution in [-0.4, -0.2) is 18.4 Å². The van der Waals surface area contributed by atoms with Crippen molar-refractivity contribution in [1.82, 2.24) is 0 Å². The number of alkyl halides is 1.